The van der Waals surface area contributed by atoms with E-state index in [1.165, 1.54) is 10.1 Å². The summed E-state index contributed by atoms with van der Waals surface area (Å²) < 4.78 is 1.45. The molecule has 2 fully saturated rings. The third kappa shape index (κ3) is 7.65. The highest BCUT2D eigenvalue weighted by molar-refractivity contribution is 5.89. The number of hydrogen-bond acceptors (Lipinski definition) is 7. The van der Waals surface area contributed by atoms with E-state index < -0.39 is 11.2 Å². The van der Waals surface area contributed by atoms with Crippen LogP contribution in [0.15, 0.2) is 41.3 Å². The molecule has 0 spiro atoms. The number of aromatic nitrogens is 2. The molecule has 39 heavy (non-hydrogen) atoms. The van der Waals surface area contributed by atoms with E-state index >= 15 is 0 Å². The Balaban J connectivity index is 1.29. The number of nitrogens with zero attached hydrogens (tertiary/aromatic N) is 4. The van der Waals surface area contributed by atoms with Gasteiger partial charge in [-0.15, -0.1) is 0 Å². The van der Waals surface area contributed by atoms with Crippen molar-refractivity contribution in [2.24, 2.45) is 11.5 Å². The van der Waals surface area contributed by atoms with Crippen molar-refractivity contribution in [1.29, 1.82) is 0 Å². The highest BCUT2D eigenvalue weighted by atomic mass is 16.2. The number of carbonyl (C=O) groups is 2. The van der Waals surface area contributed by atoms with Crippen LogP contribution in [0.25, 0.3) is 5.69 Å². The molecule has 11 nitrogen and oxygen atoms in total. The largest absolute Gasteiger partial charge is 0.354 e. The Bertz CT molecular complexity index is 1190. The molecular formula is C28H42N8O3. The van der Waals surface area contributed by atoms with Gasteiger partial charge in [0.1, 0.15) is 5.82 Å². The Kier molecular flexibility index (Phi) is 9.04. The highest BCUT2D eigenvalue weighted by Gasteiger charge is 2.31. The van der Waals surface area contributed by atoms with E-state index in [2.05, 4.69) is 22.5 Å². The number of rotatable bonds is 7. The Morgan fingerprint density at radius 3 is 2.23 bits per heavy atom. The normalized spacial score (nSPS) is 20.9. The Morgan fingerprint density at radius 2 is 1.64 bits per heavy atom. The molecule has 1 saturated carbocycles. The first-order chi connectivity index (χ1) is 18.5. The van der Waals surface area contributed by atoms with Crippen molar-refractivity contribution in [1.82, 2.24) is 24.7 Å². The molecule has 1 aromatic carbocycles. The maximum absolute atomic E-state index is 12.7. The molecule has 1 aromatic heterocycles. The van der Waals surface area contributed by atoms with Crippen LogP contribution >= 0.6 is 0 Å². The van der Waals surface area contributed by atoms with E-state index in [1.54, 1.807) is 35.9 Å². The average molecular weight is 539 g/mol. The predicted octanol–water partition coefficient (Wildman–Crippen LogP) is 1.44. The summed E-state index contributed by atoms with van der Waals surface area (Å²) in [5, 5.41) is 6.41. The molecule has 11 heteroatoms. The average Bonchev–Trinajstić information content (AvgIpc) is 2.90. The minimum Gasteiger partial charge on any atom is -0.338 e. The summed E-state index contributed by atoms with van der Waals surface area (Å²) in [4.78, 5) is 45.1. The second-order valence-corrected chi connectivity index (χ2v) is 11.4. The number of benzene rings is 1. The van der Waals surface area contributed by atoms with Crippen LogP contribution in [0.3, 0.4) is 0 Å². The van der Waals surface area contributed by atoms with Crippen LogP contribution in [-0.4, -0.2) is 81.1 Å². The maximum Gasteiger partial charge on any atom is 0.354 e. The minimum absolute atomic E-state index is 0.142. The maximum atomic E-state index is 12.7. The lowest BCUT2D eigenvalue weighted by Gasteiger charge is -2.37. The van der Waals surface area contributed by atoms with Gasteiger partial charge in [0, 0.05) is 50.5 Å². The van der Waals surface area contributed by atoms with Crippen molar-refractivity contribution in [2.75, 3.05) is 31.5 Å². The monoisotopic (exact) mass is 538 g/mol. The van der Waals surface area contributed by atoms with Crippen molar-refractivity contribution >= 4 is 17.8 Å². The van der Waals surface area contributed by atoms with Crippen molar-refractivity contribution < 1.29 is 9.59 Å². The van der Waals surface area contributed by atoms with Crippen LogP contribution in [-0.2, 0) is 11.2 Å². The molecule has 1 aliphatic carbocycles. The number of hydrogen-bond donors (Lipinski definition) is 4. The second-order valence-electron chi connectivity index (χ2n) is 11.4. The number of urea groups is 1. The second kappa shape index (κ2) is 12.3. The van der Waals surface area contributed by atoms with Gasteiger partial charge in [0.25, 0.3) is 0 Å². The lowest BCUT2D eigenvalue weighted by Crippen LogP contribution is -2.58. The Morgan fingerprint density at radius 1 is 1.03 bits per heavy atom. The Labute approximate surface area is 229 Å². The zero-order valence-electron chi connectivity index (χ0n) is 23.2. The van der Waals surface area contributed by atoms with Gasteiger partial charge in [-0.3, -0.25) is 14.7 Å². The van der Waals surface area contributed by atoms with Gasteiger partial charge in [-0.05, 0) is 76.6 Å². The molecule has 1 atom stereocenters. The topological polar surface area (TPSA) is 152 Å². The molecule has 2 aliphatic rings. The summed E-state index contributed by atoms with van der Waals surface area (Å²) in [6.45, 7) is 7.10. The number of piperazine rings is 1. The van der Waals surface area contributed by atoms with Crippen LogP contribution in [0.5, 0.6) is 0 Å². The van der Waals surface area contributed by atoms with Crippen molar-refractivity contribution in [3.8, 4) is 5.69 Å². The van der Waals surface area contributed by atoms with E-state index in [0.717, 1.165) is 32.1 Å². The van der Waals surface area contributed by atoms with Gasteiger partial charge in [0.15, 0.2) is 0 Å². The Hall–Kier alpha value is -3.28. The first-order valence-corrected chi connectivity index (χ1v) is 13.8. The molecule has 2 aromatic rings. The lowest BCUT2D eigenvalue weighted by atomic mass is 9.91. The molecule has 1 saturated heterocycles. The summed E-state index contributed by atoms with van der Waals surface area (Å²) in [5.74, 6) is 0.0418. The SMILES string of the molecule is CC(Cc1ccc(-n2ccc(NC(=O)N3CCN(C(=O)C(C)(C)N)CC3)nc2=O)cc1)N[C@H]1CC[C@H](N)CC1. The highest BCUT2D eigenvalue weighted by Crippen LogP contribution is 2.18. The molecule has 212 valence electrons. The molecular weight excluding hydrogens is 496 g/mol. The molecule has 4 rings (SSSR count). The fraction of sp³-hybridized carbons (Fsp3) is 0.571. The van der Waals surface area contributed by atoms with Crippen LogP contribution in [0.1, 0.15) is 52.0 Å². The number of nitrogens with two attached hydrogens (primary N) is 2. The van der Waals surface area contributed by atoms with Crippen molar-refractivity contribution in [2.45, 2.75) is 76.5 Å². The van der Waals surface area contributed by atoms with E-state index in [4.69, 9.17) is 11.5 Å². The molecule has 1 aliphatic heterocycles. The number of carbonyl (C=O) groups excluding carboxylic acids is 2. The van der Waals surface area contributed by atoms with Crippen LogP contribution in [0.4, 0.5) is 10.6 Å². The smallest absolute Gasteiger partial charge is 0.338 e. The minimum atomic E-state index is -0.946. The molecule has 2 heterocycles. The summed E-state index contributed by atoms with van der Waals surface area (Å²) in [6.07, 6.45) is 6.92. The van der Waals surface area contributed by atoms with Crippen LogP contribution in [0.2, 0.25) is 0 Å². The van der Waals surface area contributed by atoms with E-state index in [-0.39, 0.29) is 17.8 Å². The van der Waals surface area contributed by atoms with Gasteiger partial charge < -0.3 is 26.6 Å². The van der Waals surface area contributed by atoms with E-state index in [0.29, 0.717) is 50.0 Å². The molecule has 3 amide bonds. The lowest BCUT2D eigenvalue weighted by molar-refractivity contribution is -0.137. The first-order valence-electron chi connectivity index (χ1n) is 13.8. The van der Waals surface area contributed by atoms with Gasteiger partial charge in [-0.1, -0.05) is 12.1 Å². The van der Waals surface area contributed by atoms with Crippen molar-refractivity contribution in [3.05, 3.63) is 52.6 Å². The van der Waals surface area contributed by atoms with Gasteiger partial charge in [0.2, 0.25) is 5.91 Å². The van der Waals surface area contributed by atoms with Gasteiger partial charge in [-0.25, -0.2) is 9.59 Å². The van der Waals surface area contributed by atoms with E-state index in [1.807, 2.05) is 24.3 Å². The number of nitrogens with one attached hydrogen (secondary N) is 2. The zero-order chi connectivity index (χ0) is 28.2. The summed E-state index contributed by atoms with van der Waals surface area (Å²) >= 11 is 0. The summed E-state index contributed by atoms with van der Waals surface area (Å²) in [7, 11) is 0. The van der Waals surface area contributed by atoms with Crippen molar-refractivity contribution in [3.63, 3.8) is 0 Å². The van der Waals surface area contributed by atoms with Crippen LogP contribution < -0.4 is 27.8 Å². The quantitative estimate of drug-likeness (QED) is 0.416. The third-order valence-electron chi connectivity index (χ3n) is 7.49. The molecule has 6 N–H and O–H groups in total. The van der Waals surface area contributed by atoms with Gasteiger partial charge in [0.05, 0.1) is 11.2 Å². The molecule has 0 radical (unpaired) electrons. The predicted molar refractivity (Wildman–Crippen MR) is 152 cm³/mol. The number of amides is 3. The van der Waals surface area contributed by atoms with Gasteiger partial charge >= 0.3 is 11.7 Å². The number of anilines is 1. The third-order valence-corrected chi connectivity index (χ3v) is 7.49. The van der Waals surface area contributed by atoms with Gasteiger partial charge in [-0.2, -0.15) is 4.98 Å². The standard InChI is InChI=1S/C28H42N8O3/c1-19(31-22-8-6-21(29)7-9-22)18-20-4-10-23(11-5-20)36-13-12-24(33-27(36)39)32-26(38)35-16-14-34(15-17-35)25(37)28(2,3)30/h4-5,10-13,19,21-22,31H,6-9,14-18,29-30H2,1-3H3,(H,32,33,38,39)/t19?,21-,22-. The first kappa shape index (κ1) is 28.7. The summed E-state index contributed by atoms with van der Waals surface area (Å²) in [6, 6.07) is 10.3. The van der Waals surface area contributed by atoms with E-state index in [9.17, 15) is 14.4 Å². The zero-order valence-corrected chi connectivity index (χ0v) is 23.2. The summed E-state index contributed by atoms with van der Waals surface area (Å²) in [5.41, 5.74) is 12.4. The fourth-order valence-corrected chi connectivity index (χ4v) is 5.27. The molecule has 1 unspecified atom stereocenters. The molecule has 0 bridgehead atoms. The van der Waals surface area contributed by atoms with Crippen LogP contribution in [0, 0.1) is 0 Å². The fourth-order valence-electron chi connectivity index (χ4n) is 5.27.